The Bertz CT molecular complexity index is 684. The van der Waals surface area contributed by atoms with Crippen molar-refractivity contribution in [3.8, 4) is 0 Å². The molecule has 22 heavy (non-hydrogen) atoms. The van der Waals surface area contributed by atoms with E-state index in [9.17, 15) is 4.79 Å². The summed E-state index contributed by atoms with van der Waals surface area (Å²) < 4.78 is 0. The molecular formula is C17H15ClN2O2. The minimum Gasteiger partial charge on any atom is -0.382 e. The Morgan fingerprint density at radius 2 is 1.91 bits per heavy atom. The lowest BCUT2D eigenvalue weighted by molar-refractivity contribution is -0.131. The van der Waals surface area contributed by atoms with Crippen molar-refractivity contribution in [3.05, 3.63) is 70.7 Å². The quantitative estimate of drug-likeness (QED) is 0.942. The number of halogens is 1. The lowest BCUT2D eigenvalue weighted by Gasteiger charge is -2.09. The number of oxime groups is 1. The average molecular weight is 315 g/mol. The van der Waals surface area contributed by atoms with Gasteiger partial charge >= 0.3 is 0 Å². The van der Waals surface area contributed by atoms with Crippen molar-refractivity contribution in [1.82, 2.24) is 5.32 Å². The van der Waals surface area contributed by atoms with Crippen molar-refractivity contribution in [2.75, 3.05) is 0 Å². The van der Waals surface area contributed by atoms with Crippen LogP contribution in [0.1, 0.15) is 17.5 Å². The Morgan fingerprint density at radius 3 is 2.64 bits per heavy atom. The minimum absolute atomic E-state index is 0.162. The van der Waals surface area contributed by atoms with Crippen molar-refractivity contribution in [1.29, 1.82) is 0 Å². The number of amides is 1. The summed E-state index contributed by atoms with van der Waals surface area (Å²) in [6.45, 7) is 0.441. The smallest absolute Gasteiger partial charge is 0.264 e. The van der Waals surface area contributed by atoms with Gasteiger partial charge in [0.15, 0.2) is 0 Å². The fraction of sp³-hybridized carbons (Fsp3) is 0.176. The zero-order valence-electron chi connectivity index (χ0n) is 11.8. The fourth-order valence-electron chi connectivity index (χ4n) is 2.22. The third-order valence-corrected chi connectivity index (χ3v) is 3.70. The van der Waals surface area contributed by atoms with Crippen LogP contribution in [0.25, 0.3) is 0 Å². The number of carbonyl (C=O) groups is 1. The maximum Gasteiger partial charge on any atom is 0.264 e. The Balaban J connectivity index is 1.53. The van der Waals surface area contributed by atoms with Gasteiger partial charge in [0.25, 0.3) is 5.91 Å². The highest BCUT2D eigenvalue weighted by Gasteiger charge is 2.28. The molecule has 0 bridgehead atoms. The van der Waals surface area contributed by atoms with Crippen molar-refractivity contribution in [2.45, 2.75) is 19.1 Å². The van der Waals surface area contributed by atoms with Crippen LogP contribution >= 0.6 is 11.6 Å². The summed E-state index contributed by atoms with van der Waals surface area (Å²) in [6.07, 6.45) is -0.0845. The van der Waals surface area contributed by atoms with Gasteiger partial charge in [0.2, 0.25) is 6.10 Å². The van der Waals surface area contributed by atoms with Crippen molar-refractivity contribution in [2.24, 2.45) is 5.16 Å². The van der Waals surface area contributed by atoms with E-state index in [1.807, 2.05) is 42.5 Å². The predicted octanol–water partition coefficient (Wildman–Crippen LogP) is 3.15. The molecule has 1 amide bonds. The molecule has 0 aromatic heterocycles. The second kappa shape index (κ2) is 6.62. The molecule has 1 atom stereocenters. The first-order valence-electron chi connectivity index (χ1n) is 7.02. The Labute approximate surface area is 133 Å². The van der Waals surface area contributed by atoms with Crippen LogP contribution in [0.5, 0.6) is 0 Å². The molecule has 0 fully saturated rings. The Morgan fingerprint density at radius 1 is 1.18 bits per heavy atom. The van der Waals surface area contributed by atoms with E-state index in [4.69, 9.17) is 16.4 Å². The van der Waals surface area contributed by atoms with Crippen LogP contribution in [0.4, 0.5) is 0 Å². The zero-order valence-corrected chi connectivity index (χ0v) is 12.6. The van der Waals surface area contributed by atoms with Gasteiger partial charge in [-0.1, -0.05) is 59.2 Å². The standard InChI is InChI=1S/C17H15ClN2O2/c18-14-8-6-12(7-9-14)11-19-17(21)16-10-15(20-22-16)13-4-2-1-3-5-13/h1-9,16H,10-11H2,(H,19,21). The van der Waals surface area contributed by atoms with Crippen LogP contribution in [-0.2, 0) is 16.2 Å². The fourth-order valence-corrected chi connectivity index (χ4v) is 2.35. The molecule has 112 valence electrons. The molecule has 0 spiro atoms. The van der Waals surface area contributed by atoms with Gasteiger partial charge in [0, 0.05) is 18.0 Å². The minimum atomic E-state index is -0.567. The zero-order chi connectivity index (χ0) is 15.4. The van der Waals surface area contributed by atoms with Crippen LogP contribution in [0.3, 0.4) is 0 Å². The average Bonchev–Trinajstić information content (AvgIpc) is 3.05. The van der Waals surface area contributed by atoms with E-state index in [2.05, 4.69) is 10.5 Å². The topological polar surface area (TPSA) is 50.7 Å². The maximum absolute atomic E-state index is 12.1. The van der Waals surface area contributed by atoms with E-state index in [1.165, 1.54) is 0 Å². The lowest BCUT2D eigenvalue weighted by atomic mass is 10.0. The van der Waals surface area contributed by atoms with Crippen molar-refractivity contribution >= 4 is 23.2 Å². The number of hydrogen-bond donors (Lipinski definition) is 1. The lowest BCUT2D eigenvalue weighted by Crippen LogP contribution is -2.34. The molecule has 2 aromatic rings. The molecule has 1 heterocycles. The van der Waals surface area contributed by atoms with Crippen LogP contribution < -0.4 is 5.32 Å². The summed E-state index contributed by atoms with van der Waals surface area (Å²) in [5, 5.41) is 7.54. The number of benzene rings is 2. The number of rotatable bonds is 4. The van der Waals surface area contributed by atoms with Gasteiger partial charge in [0.05, 0.1) is 5.71 Å². The van der Waals surface area contributed by atoms with E-state index in [0.29, 0.717) is 18.0 Å². The molecule has 0 aliphatic carbocycles. The SMILES string of the molecule is O=C(NCc1ccc(Cl)cc1)C1CC(c2ccccc2)=NO1. The summed E-state index contributed by atoms with van der Waals surface area (Å²) >= 11 is 5.83. The van der Waals surface area contributed by atoms with Gasteiger partial charge in [-0.15, -0.1) is 0 Å². The normalized spacial score (nSPS) is 16.8. The predicted molar refractivity (Wildman–Crippen MR) is 85.8 cm³/mol. The summed E-state index contributed by atoms with van der Waals surface area (Å²) in [5.74, 6) is -0.162. The second-order valence-corrected chi connectivity index (χ2v) is 5.48. The molecule has 3 rings (SSSR count). The molecule has 0 saturated carbocycles. The van der Waals surface area contributed by atoms with Gasteiger partial charge in [-0.25, -0.2) is 0 Å². The van der Waals surface area contributed by atoms with Crippen LogP contribution in [0.2, 0.25) is 5.02 Å². The number of nitrogens with zero attached hydrogens (tertiary/aromatic N) is 1. The molecule has 1 N–H and O–H groups in total. The molecule has 5 heteroatoms. The van der Waals surface area contributed by atoms with E-state index < -0.39 is 6.10 Å². The van der Waals surface area contributed by atoms with Crippen molar-refractivity contribution < 1.29 is 9.63 Å². The highest BCUT2D eigenvalue weighted by Crippen LogP contribution is 2.17. The van der Waals surface area contributed by atoms with Gasteiger partial charge in [-0.05, 0) is 23.3 Å². The van der Waals surface area contributed by atoms with Crippen LogP contribution in [0, 0.1) is 0 Å². The van der Waals surface area contributed by atoms with Crippen LogP contribution in [0.15, 0.2) is 59.8 Å². The molecule has 2 aromatic carbocycles. The van der Waals surface area contributed by atoms with Crippen LogP contribution in [-0.4, -0.2) is 17.7 Å². The highest BCUT2D eigenvalue weighted by molar-refractivity contribution is 6.30. The van der Waals surface area contributed by atoms with Gasteiger partial charge in [0.1, 0.15) is 0 Å². The van der Waals surface area contributed by atoms with Gasteiger partial charge in [-0.2, -0.15) is 0 Å². The summed E-state index contributed by atoms with van der Waals surface area (Å²) in [4.78, 5) is 17.4. The second-order valence-electron chi connectivity index (χ2n) is 5.05. The summed E-state index contributed by atoms with van der Waals surface area (Å²) in [6, 6.07) is 17.1. The van der Waals surface area contributed by atoms with E-state index in [-0.39, 0.29) is 5.91 Å². The molecular weight excluding hydrogens is 300 g/mol. The molecule has 4 nitrogen and oxygen atoms in total. The van der Waals surface area contributed by atoms with E-state index in [0.717, 1.165) is 16.8 Å². The number of hydrogen-bond acceptors (Lipinski definition) is 3. The molecule has 0 radical (unpaired) electrons. The van der Waals surface area contributed by atoms with Gasteiger partial charge < -0.3 is 10.2 Å². The third-order valence-electron chi connectivity index (χ3n) is 3.45. The van der Waals surface area contributed by atoms with Gasteiger partial charge in [-0.3, -0.25) is 4.79 Å². The monoisotopic (exact) mass is 314 g/mol. The molecule has 1 unspecified atom stereocenters. The number of carbonyl (C=O) groups excluding carboxylic acids is 1. The Kier molecular flexibility index (Phi) is 4.39. The highest BCUT2D eigenvalue weighted by atomic mass is 35.5. The molecule has 1 aliphatic heterocycles. The first kappa shape index (κ1) is 14.6. The number of nitrogens with one attached hydrogen (secondary N) is 1. The summed E-state index contributed by atoms with van der Waals surface area (Å²) in [7, 11) is 0. The molecule has 1 aliphatic rings. The van der Waals surface area contributed by atoms with E-state index in [1.54, 1.807) is 12.1 Å². The summed E-state index contributed by atoms with van der Waals surface area (Å²) in [5.41, 5.74) is 2.77. The largest absolute Gasteiger partial charge is 0.382 e. The maximum atomic E-state index is 12.1. The molecule has 0 saturated heterocycles. The Hall–Kier alpha value is -2.33. The van der Waals surface area contributed by atoms with Crippen molar-refractivity contribution in [3.63, 3.8) is 0 Å². The third kappa shape index (κ3) is 3.46. The van der Waals surface area contributed by atoms with E-state index >= 15 is 0 Å². The first-order chi connectivity index (χ1) is 10.7. The first-order valence-corrected chi connectivity index (χ1v) is 7.40.